The Kier molecular flexibility index (Phi) is 7.62. The van der Waals surface area contributed by atoms with Crippen LogP contribution in [0, 0.1) is 45.8 Å². The number of imide groups is 1. The monoisotopic (exact) mass is 630 g/mol. The number of hydrogen-bond acceptors (Lipinski definition) is 5. The molecule has 0 aliphatic heterocycles. The van der Waals surface area contributed by atoms with E-state index in [9.17, 15) is 14.4 Å². The number of allylic oxidation sites excluding steroid dienone is 3. The molecule has 4 amide bonds. The molecule has 4 fully saturated rings. The molecular formula is C38H54N4O4. The second-order valence-corrected chi connectivity index (χ2v) is 16.5. The summed E-state index contributed by atoms with van der Waals surface area (Å²) < 4.78 is 4.92. The van der Waals surface area contributed by atoms with Crippen LogP contribution in [0.3, 0.4) is 0 Å². The molecule has 1 aromatic rings. The summed E-state index contributed by atoms with van der Waals surface area (Å²) in [7, 11) is 1.41. The van der Waals surface area contributed by atoms with Gasteiger partial charge in [0.1, 0.15) is 0 Å². The maximum absolute atomic E-state index is 12.8. The smallest absolute Gasteiger partial charge is 0.337 e. The van der Waals surface area contributed by atoms with E-state index < -0.39 is 23.1 Å². The minimum Gasteiger partial charge on any atom is -0.465 e. The van der Waals surface area contributed by atoms with E-state index in [0.29, 0.717) is 30.2 Å². The molecule has 0 bridgehead atoms. The van der Waals surface area contributed by atoms with E-state index >= 15 is 0 Å². The highest BCUT2D eigenvalue weighted by Crippen LogP contribution is 2.74. The summed E-state index contributed by atoms with van der Waals surface area (Å²) in [4.78, 5) is 38.9. The summed E-state index contributed by atoms with van der Waals surface area (Å²) in [6.07, 6.45) is 10.5. The van der Waals surface area contributed by atoms with Gasteiger partial charge in [-0.3, -0.25) is 0 Å². The summed E-state index contributed by atoms with van der Waals surface area (Å²) in [5.41, 5.74) is 22.5. The fraction of sp³-hybridized carbons (Fsp3) is 0.658. The van der Waals surface area contributed by atoms with Gasteiger partial charge in [-0.1, -0.05) is 58.1 Å². The molecule has 0 aromatic heterocycles. The van der Waals surface area contributed by atoms with Gasteiger partial charge in [-0.25, -0.2) is 19.3 Å². The molecule has 0 radical (unpaired) electrons. The number of benzene rings is 1. The number of carbonyl (C=O) groups excluding carboxylic acids is 3. The van der Waals surface area contributed by atoms with Crippen molar-refractivity contribution in [3.05, 3.63) is 53.6 Å². The van der Waals surface area contributed by atoms with Crippen LogP contribution in [0.15, 0.2) is 42.5 Å². The second-order valence-electron chi connectivity index (χ2n) is 16.5. The lowest BCUT2D eigenvalue weighted by molar-refractivity contribution is -0.190. The van der Waals surface area contributed by atoms with E-state index in [1.165, 1.54) is 17.6 Å². The van der Waals surface area contributed by atoms with E-state index in [0.717, 1.165) is 56.1 Å². The van der Waals surface area contributed by atoms with Gasteiger partial charge in [0.15, 0.2) is 0 Å². The number of nitrogens with two attached hydrogens (primary N) is 3. The highest BCUT2D eigenvalue weighted by Gasteiger charge is 2.72. The lowest BCUT2D eigenvalue weighted by Crippen LogP contribution is -2.76. The van der Waals surface area contributed by atoms with E-state index in [-0.39, 0.29) is 40.0 Å². The normalized spacial score (nSPS) is 40.7. The zero-order valence-electron chi connectivity index (χ0n) is 28.7. The second kappa shape index (κ2) is 10.7. The van der Waals surface area contributed by atoms with Gasteiger partial charge in [-0.05, 0) is 134 Å². The van der Waals surface area contributed by atoms with Crippen molar-refractivity contribution in [2.75, 3.05) is 7.11 Å². The molecule has 1 aromatic carbocycles. The Bertz CT molecular complexity index is 1490. The van der Waals surface area contributed by atoms with Crippen molar-refractivity contribution >= 4 is 23.6 Å². The Hall–Kier alpha value is -3.13. The molecule has 6 rings (SSSR count). The zero-order chi connectivity index (χ0) is 33.6. The van der Waals surface area contributed by atoms with E-state index in [1.807, 2.05) is 12.1 Å². The Balaban J connectivity index is 1.37. The number of nitrogens with zero attached hydrogens (tertiary/aromatic N) is 1. The molecule has 0 spiro atoms. The Morgan fingerprint density at radius 2 is 1.54 bits per heavy atom. The van der Waals surface area contributed by atoms with Crippen LogP contribution < -0.4 is 17.2 Å². The van der Waals surface area contributed by atoms with Gasteiger partial charge < -0.3 is 21.9 Å². The third-order valence-electron chi connectivity index (χ3n) is 14.6. The molecule has 0 heterocycles. The third-order valence-corrected chi connectivity index (χ3v) is 14.6. The average molecular weight is 631 g/mol. The lowest BCUT2D eigenvalue weighted by Gasteiger charge is -2.72. The summed E-state index contributed by atoms with van der Waals surface area (Å²) in [6.45, 7) is 16.2. The number of urea groups is 2. The maximum atomic E-state index is 12.8. The van der Waals surface area contributed by atoms with Gasteiger partial charge in [-0.2, -0.15) is 0 Å². The number of esters is 1. The molecule has 9 atom stereocenters. The molecule has 6 N–H and O–H groups in total. The van der Waals surface area contributed by atoms with Crippen LogP contribution in [0.25, 0.3) is 5.57 Å². The fourth-order valence-electron chi connectivity index (χ4n) is 12.7. The fourth-order valence-corrected chi connectivity index (χ4v) is 12.7. The highest BCUT2D eigenvalue weighted by atomic mass is 16.5. The number of amides is 4. The minimum atomic E-state index is -0.760. The summed E-state index contributed by atoms with van der Waals surface area (Å²) in [6, 6.07) is 6.33. The van der Waals surface area contributed by atoms with Gasteiger partial charge in [0, 0.05) is 5.54 Å². The highest BCUT2D eigenvalue weighted by molar-refractivity contribution is 5.93. The molecule has 0 saturated heterocycles. The molecule has 8 nitrogen and oxygen atoms in total. The Morgan fingerprint density at radius 3 is 2.13 bits per heavy atom. The van der Waals surface area contributed by atoms with Crippen molar-refractivity contribution < 1.29 is 19.1 Å². The van der Waals surface area contributed by atoms with Crippen molar-refractivity contribution in [2.24, 2.45) is 63.0 Å². The van der Waals surface area contributed by atoms with Gasteiger partial charge in [-0.15, -0.1) is 0 Å². The van der Waals surface area contributed by atoms with Gasteiger partial charge >= 0.3 is 18.0 Å². The van der Waals surface area contributed by atoms with Gasteiger partial charge in [0.05, 0.1) is 18.2 Å². The SMILES string of the molecule is C=C(C)[C@@H]1CC[C@]2(N(C(N)=O)C(N)=O)CC[C@]3(N)[C@H](CC[C@@H]4[C@@]5(C)CC=C(c6ccc(C(=O)OC)cc6)C(C)(C)[C@@H]5CC[C@]43C)[C@@H]12. The molecular weight excluding hydrogens is 576 g/mol. The van der Waals surface area contributed by atoms with Crippen molar-refractivity contribution in [1.29, 1.82) is 0 Å². The van der Waals surface area contributed by atoms with Crippen molar-refractivity contribution in [2.45, 2.75) is 103 Å². The lowest BCUT2D eigenvalue weighted by atomic mass is 9.34. The number of rotatable bonds is 4. The standard InChI is InChI=1S/C38H54N4O4/c1-22(2)25-14-19-37(42(32(39)44)33(40)45)20-21-38(41)27(30(25)37)12-13-29-35(5)17-15-26(23-8-10-24(11-9-23)31(43)46-7)34(3,4)28(35)16-18-36(29,38)6/h8-11,15,25,27-30H,1,12-14,16-21,41H2,2-7H3,(H2,39,44)(H2,40,45)/t25-,27+,28-,29+,30+,35-,36+,37-,38-/m0/s1. The minimum absolute atomic E-state index is 0.00527. The van der Waals surface area contributed by atoms with Crippen molar-refractivity contribution in [3.8, 4) is 0 Å². The van der Waals surface area contributed by atoms with Gasteiger partial charge in [0.2, 0.25) is 0 Å². The van der Waals surface area contributed by atoms with Crippen LogP contribution in [0.5, 0.6) is 0 Å². The summed E-state index contributed by atoms with van der Waals surface area (Å²) in [5, 5.41) is 0. The van der Waals surface area contributed by atoms with Crippen LogP contribution >= 0.6 is 0 Å². The predicted molar refractivity (Wildman–Crippen MR) is 180 cm³/mol. The van der Waals surface area contributed by atoms with E-state index in [4.69, 9.17) is 21.9 Å². The van der Waals surface area contributed by atoms with Crippen molar-refractivity contribution in [3.63, 3.8) is 0 Å². The molecule has 5 aliphatic rings. The Labute approximate surface area is 274 Å². The van der Waals surface area contributed by atoms with Gasteiger partial charge in [0.25, 0.3) is 0 Å². The van der Waals surface area contributed by atoms with Crippen LogP contribution in [-0.2, 0) is 4.74 Å². The van der Waals surface area contributed by atoms with Crippen molar-refractivity contribution in [1.82, 2.24) is 4.90 Å². The first-order valence-electron chi connectivity index (χ1n) is 17.2. The summed E-state index contributed by atoms with van der Waals surface area (Å²) in [5.74, 6) is 0.859. The first-order chi connectivity index (χ1) is 21.5. The number of hydrogen-bond donors (Lipinski definition) is 3. The predicted octanol–water partition coefficient (Wildman–Crippen LogP) is 7.03. The average Bonchev–Trinajstić information content (AvgIpc) is 3.37. The number of ether oxygens (including phenoxy) is 1. The molecule has 4 saturated carbocycles. The Morgan fingerprint density at radius 1 is 0.891 bits per heavy atom. The number of fused-ring (bicyclic) bond motifs is 7. The topological polar surface area (TPSA) is 142 Å². The first kappa shape index (κ1) is 32.8. The zero-order valence-corrected chi connectivity index (χ0v) is 28.7. The van der Waals surface area contributed by atoms with Crippen LogP contribution in [0.1, 0.15) is 108 Å². The molecule has 5 aliphatic carbocycles. The first-order valence-corrected chi connectivity index (χ1v) is 17.2. The molecule has 8 heteroatoms. The van der Waals surface area contributed by atoms with E-state index in [1.54, 1.807) is 0 Å². The largest absolute Gasteiger partial charge is 0.465 e. The third kappa shape index (κ3) is 4.23. The molecule has 46 heavy (non-hydrogen) atoms. The summed E-state index contributed by atoms with van der Waals surface area (Å²) >= 11 is 0. The number of carbonyl (C=O) groups is 3. The number of primary amides is 2. The van der Waals surface area contributed by atoms with E-state index in [2.05, 4.69) is 59.4 Å². The molecule has 250 valence electrons. The quantitative estimate of drug-likeness (QED) is 0.242. The maximum Gasteiger partial charge on any atom is 0.337 e. The molecule has 0 unspecified atom stereocenters. The number of methoxy groups -OCH3 is 1. The van der Waals surface area contributed by atoms with Crippen LogP contribution in [0.4, 0.5) is 9.59 Å². The van der Waals surface area contributed by atoms with Crippen LogP contribution in [-0.4, -0.2) is 41.1 Å². The van der Waals surface area contributed by atoms with Crippen LogP contribution in [0.2, 0.25) is 0 Å².